The van der Waals surface area contributed by atoms with E-state index in [0.29, 0.717) is 25.7 Å². The van der Waals surface area contributed by atoms with Crippen LogP contribution < -0.4 is 0 Å². The fourth-order valence-electron chi connectivity index (χ4n) is 10.8. The molecule has 0 bridgehead atoms. The first-order valence-electron chi connectivity index (χ1n) is 37.2. The molecule has 0 spiro atoms. The number of aliphatic hydroxyl groups is 1. The minimum atomic E-state index is -4.95. The van der Waals surface area contributed by atoms with Crippen molar-refractivity contribution in [1.82, 2.24) is 0 Å². The van der Waals surface area contributed by atoms with Gasteiger partial charge in [-0.2, -0.15) is 0 Å². The number of phosphoric ester groups is 2. The maximum absolute atomic E-state index is 13.0. The zero-order valence-corrected chi connectivity index (χ0v) is 61.3. The number of hydrogen-bond acceptors (Lipinski definition) is 15. The van der Waals surface area contributed by atoms with Gasteiger partial charge in [-0.25, -0.2) is 9.13 Å². The van der Waals surface area contributed by atoms with Crippen LogP contribution in [0.25, 0.3) is 0 Å². The van der Waals surface area contributed by atoms with Crippen LogP contribution in [0.1, 0.15) is 357 Å². The fourth-order valence-corrected chi connectivity index (χ4v) is 12.4. The summed E-state index contributed by atoms with van der Waals surface area (Å²) in [6.07, 6.45) is 44.5. The van der Waals surface area contributed by atoms with E-state index in [-0.39, 0.29) is 25.7 Å². The highest BCUT2D eigenvalue weighted by molar-refractivity contribution is 7.47. The van der Waals surface area contributed by atoms with Crippen molar-refractivity contribution in [3.05, 3.63) is 0 Å². The van der Waals surface area contributed by atoms with Crippen molar-refractivity contribution in [2.45, 2.75) is 375 Å². The van der Waals surface area contributed by atoms with E-state index in [1.54, 1.807) is 0 Å². The van der Waals surface area contributed by atoms with Crippen molar-refractivity contribution in [2.24, 2.45) is 23.7 Å². The number of carbonyl (C=O) groups is 4. The number of aliphatic hydroxyl groups excluding tert-OH is 1. The average Bonchev–Trinajstić information content (AvgIpc) is 3.64. The Morgan fingerprint density at radius 1 is 0.308 bits per heavy atom. The lowest BCUT2D eigenvalue weighted by Gasteiger charge is -2.21. The Balaban J connectivity index is 5.25. The normalized spacial score (nSPS) is 14.5. The molecular formula is C72H140O17P2. The van der Waals surface area contributed by atoms with Gasteiger partial charge in [0.25, 0.3) is 0 Å². The summed E-state index contributed by atoms with van der Waals surface area (Å²) in [6, 6.07) is 0. The van der Waals surface area contributed by atoms with Crippen molar-refractivity contribution < 1.29 is 80.2 Å². The summed E-state index contributed by atoms with van der Waals surface area (Å²) in [5.41, 5.74) is 0. The van der Waals surface area contributed by atoms with Crippen LogP contribution in [0.4, 0.5) is 0 Å². The highest BCUT2D eigenvalue weighted by Gasteiger charge is 2.30. The third-order valence-electron chi connectivity index (χ3n) is 16.9. The molecule has 0 aliphatic carbocycles. The van der Waals surface area contributed by atoms with E-state index in [1.807, 2.05) is 0 Å². The molecule has 0 aromatic rings. The van der Waals surface area contributed by atoms with Crippen LogP contribution in [0.5, 0.6) is 0 Å². The van der Waals surface area contributed by atoms with E-state index < -0.39 is 97.5 Å². The topological polar surface area (TPSA) is 237 Å². The van der Waals surface area contributed by atoms with Crippen molar-refractivity contribution in [3.63, 3.8) is 0 Å². The third-order valence-corrected chi connectivity index (χ3v) is 18.8. The minimum Gasteiger partial charge on any atom is -0.462 e. The zero-order valence-electron chi connectivity index (χ0n) is 59.5. The van der Waals surface area contributed by atoms with Gasteiger partial charge >= 0.3 is 39.5 Å². The minimum absolute atomic E-state index is 0.102. The molecule has 19 heteroatoms. The van der Waals surface area contributed by atoms with E-state index in [0.717, 1.165) is 114 Å². The summed E-state index contributed by atoms with van der Waals surface area (Å²) >= 11 is 0. The molecule has 0 fully saturated rings. The third kappa shape index (κ3) is 65.1. The van der Waals surface area contributed by atoms with Gasteiger partial charge in [0.2, 0.25) is 0 Å². The summed E-state index contributed by atoms with van der Waals surface area (Å²) in [6.45, 7) is 14.1. The molecule has 0 saturated carbocycles. The van der Waals surface area contributed by atoms with E-state index in [2.05, 4.69) is 55.4 Å². The smallest absolute Gasteiger partial charge is 0.462 e. The standard InChI is InChI=1S/C72H140O17P2/c1-9-65(8)51-43-35-30-31-39-47-55-72(77)89-68(59-83-70(75)53-45-37-28-23-22-26-34-42-50-64(6)7)61-87-91(80,81)85-57-66(73)56-84-90(78,79)86-60-67(88-71(76)54-46-38-29-21-17-13-15-19-25-33-41-49-63(4)5)58-82-69(74)52-44-36-27-20-16-12-10-11-14-18-24-32-40-48-62(2)3/h62-68,73H,9-61H2,1-8H3,(H,78,79)(H,80,81)/t65?,66?,67-,68-/m1/s1. The van der Waals surface area contributed by atoms with Gasteiger partial charge in [0.05, 0.1) is 26.4 Å². The van der Waals surface area contributed by atoms with E-state index in [9.17, 15) is 43.2 Å². The molecule has 0 amide bonds. The van der Waals surface area contributed by atoms with Gasteiger partial charge in [0, 0.05) is 25.7 Å². The van der Waals surface area contributed by atoms with Crippen molar-refractivity contribution in [1.29, 1.82) is 0 Å². The van der Waals surface area contributed by atoms with Crippen LogP contribution in [0.3, 0.4) is 0 Å². The Morgan fingerprint density at radius 3 is 0.780 bits per heavy atom. The SMILES string of the molecule is CCC(C)CCCCCCCCC(=O)O[C@H](COC(=O)CCCCCCCCCCC(C)C)COP(=O)(O)OCC(O)COP(=O)(O)OC[C@@H](COC(=O)CCCCCCCCCCCCCCCC(C)C)OC(=O)CCCCCCCCCCCCCC(C)C. The number of rotatable bonds is 69. The average molecular weight is 1340 g/mol. The lowest BCUT2D eigenvalue weighted by Crippen LogP contribution is -2.30. The van der Waals surface area contributed by atoms with Crippen LogP contribution in [-0.4, -0.2) is 96.7 Å². The van der Waals surface area contributed by atoms with Crippen LogP contribution >= 0.6 is 15.6 Å². The second kappa shape index (κ2) is 61.6. The molecular weight excluding hydrogens is 1200 g/mol. The summed E-state index contributed by atoms with van der Waals surface area (Å²) < 4.78 is 68.3. The van der Waals surface area contributed by atoms with Gasteiger partial charge in [-0.05, 0) is 49.4 Å². The molecule has 0 aliphatic heterocycles. The lowest BCUT2D eigenvalue weighted by molar-refractivity contribution is -0.161. The Labute approximate surface area is 556 Å². The molecule has 0 aliphatic rings. The molecule has 540 valence electrons. The monoisotopic (exact) mass is 1340 g/mol. The molecule has 17 nitrogen and oxygen atoms in total. The van der Waals surface area contributed by atoms with E-state index in [1.165, 1.54) is 161 Å². The van der Waals surface area contributed by atoms with E-state index >= 15 is 0 Å². The lowest BCUT2D eigenvalue weighted by atomic mass is 10.00. The fraction of sp³-hybridized carbons (Fsp3) is 0.944. The highest BCUT2D eigenvalue weighted by atomic mass is 31.2. The number of unbranched alkanes of at least 4 members (excludes halogenated alkanes) is 34. The summed E-state index contributed by atoms with van der Waals surface area (Å²) in [7, 11) is -9.91. The van der Waals surface area contributed by atoms with E-state index in [4.69, 9.17) is 37.0 Å². The first kappa shape index (κ1) is 89.1. The molecule has 4 unspecified atom stereocenters. The predicted molar refractivity (Wildman–Crippen MR) is 367 cm³/mol. The second-order valence-corrected chi connectivity index (χ2v) is 30.6. The number of esters is 4. The van der Waals surface area contributed by atoms with Gasteiger partial charge in [-0.1, -0.05) is 306 Å². The molecule has 6 atom stereocenters. The predicted octanol–water partition coefficient (Wildman–Crippen LogP) is 20.5. The van der Waals surface area contributed by atoms with Gasteiger partial charge in [0.15, 0.2) is 12.2 Å². The number of ether oxygens (including phenoxy) is 4. The summed E-state index contributed by atoms with van der Waals surface area (Å²) in [4.78, 5) is 72.6. The van der Waals surface area contributed by atoms with Crippen molar-refractivity contribution in [2.75, 3.05) is 39.6 Å². The Hall–Kier alpha value is -1.94. The molecule has 0 radical (unpaired) electrons. The molecule has 3 N–H and O–H groups in total. The molecule has 0 aromatic heterocycles. The van der Waals surface area contributed by atoms with Gasteiger partial charge in [-0.15, -0.1) is 0 Å². The highest BCUT2D eigenvalue weighted by Crippen LogP contribution is 2.45. The Morgan fingerprint density at radius 2 is 0.527 bits per heavy atom. The first-order valence-corrected chi connectivity index (χ1v) is 40.2. The molecule has 0 rings (SSSR count). The Bertz CT molecular complexity index is 1800. The van der Waals surface area contributed by atoms with Crippen LogP contribution in [-0.2, 0) is 65.4 Å². The summed E-state index contributed by atoms with van der Waals surface area (Å²) in [5, 5.41) is 10.6. The quantitative estimate of drug-likeness (QED) is 0.0222. The molecule has 0 aromatic carbocycles. The summed E-state index contributed by atoms with van der Waals surface area (Å²) in [5.74, 6) is 0.874. The largest absolute Gasteiger partial charge is 0.472 e. The van der Waals surface area contributed by atoms with Crippen LogP contribution in [0.15, 0.2) is 0 Å². The first-order chi connectivity index (χ1) is 43.6. The van der Waals surface area contributed by atoms with Gasteiger partial charge in [-0.3, -0.25) is 37.3 Å². The maximum atomic E-state index is 13.0. The maximum Gasteiger partial charge on any atom is 0.472 e. The van der Waals surface area contributed by atoms with Crippen LogP contribution in [0.2, 0.25) is 0 Å². The van der Waals surface area contributed by atoms with Gasteiger partial charge < -0.3 is 33.8 Å². The molecule has 91 heavy (non-hydrogen) atoms. The van der Waals surface area contributed by atoms with Crippen LogP contribution in [0, 0.1) is 23.7 Å². The Kier molecular flexibility index (Phi) is 60.3. The second-order valence-electron chi connectivity index (χ2n) is 27.6. The van der Waals surface area contributed by atoms with Crippen molar-refractivity contribution in [3.8, 4) is 0 Å². The number of hydrogen-bond donors (Lipinski definition) is 3. The number of carbonyl (C=O) groups excluding carboxylic acids is 4. The number of phosphoric acid groups is 2. The van der Waals surface area contributed by atoms with Crippen molar-refractivity contribution >= 4 is 39.5 Å². The van der Waals surface area contributed by atoms with Gasteiger partial charge in [0.1, 0.15) is 19.3 Å². The zero-order chi connectivity index (χ0) is 67.5. The molecule has 0 saturated heterocycles. The molecule has 0 heterocycles.